The van der Waals surface area contributed by atoms with E-state index in [2.05, 4.69) is 11.4 Å². The number of piperazine rings is 1. The molecule has 7 atom stereocenters. The van der Waals surface area contributed by atoms with E-state index in [-0.39, 0.29) is 42.0 Å². The zero-order valence-corrected chi connectivity index (χ0v) is 22.7. The van der Waals surface area contributed by atoms with E-state index in [1.807, 2.05) is 17.9 Å². The quantitative estimate of drug-likeness (QED) is 0.539. The van der Waals surface area contributed by atoms with Crippen LogP contribution in [0.2, 0.25) is 0 Å². The van der Waals surface area contributed by atoms with Gasteiger partial charge in [-0.05, 0) is 70.6 Å². The van der Waals surface area contributed by atoms with Gasteiger partial charge in [0.05, 0.1) is 23.7 Å². The molecule has 3 aliphatic heterocycles. The number of hydrogen-bond donors (Lipinski definition) is 2. The first-order valence-electron chi connectivity index (χ1n) is 13.5. The number of nitrogens with zero attached hydrogens (tertiary/aromatic N) is 4. The minimum Gasteiger partial charge on any atom is -0.478 e. The number of carboxylic acids is 1. The maximum Gasteiger partial charge on any atom is 0.408 e. The smallest absolute Gasteiger partial charge is 0.408 e. The molecule has 0 aromatic heterocycles. The number of rotatable bonds is 7. The standard InChI is InChI=1S/C28H35N5O6/c1-15(16-6-5-7-17(8-16)26(36)37)32-20-11-23(25(32)35)31(13-20)14-21(30-27(38)39-28(2,3)4)24(34)33-19(12-29)9-18-10-22(18)33/h5-8,15,18-23H,9-11,13-14H2,1-4H3,(H,30,38)(H,36,37)/t15-,18-,19+,20-,21+,22+,23-/m1/s1. The predicted octanol–water partition coefficient (Wildman–Crippen LogP) is 2.14. The second-order valence-electron chi connectivity index (χ2n) is 12.1. The topological polar surface area (TPSA) is 143 Å². The molecule has 11 nitrogen and oxygen atoms in total. The number of hydrogen-bond acceptors (Lipinski definition) is 7. The Kier molecular flexibility index (Phi) is 6.79. The van der Waals surface area contributed by atoms with Crippen molar-refractivity contribution in [1.82, 2.24) is 20.0 Å². The number of carbonyl (C=O) groups is 4. The van der Waals surface area contributed by atoms with Gasteiger partial charge in [-0.15, -0.1) is 0 Å². The fourth-order valence-electron chi connectivity index (χ4n) is 6.43. The molecule has 1 aromatic rings. The van der Waals surface area contributed by atoms with Gasteiger partial charge >= 0.3 is 12.1 Å². The van der Waals surface area contributed by atoms with Gasteiger partial charge in [-0.25, -0.2) is 9.59 Å². The van der Waals surface area contributed by atoms with Gasteiger partial charge in [0.2, 0.25) is 11.8 Å². The number of aromatic carboxylic acids is 1. The van der Waals surface area contributed by atoms with Crippen molar-refractivity contribution in [3.63, 3.8) is 0 Å². The summed E-state index contributed by atoms with van der Waals surface area (Å²) in [6.07, 6.45) is 1.38. The second kappa shape index (κ2) is 9.83. The number of fused-ring (bicyclic) bond motifs is 3. The van der Waals surface area contributed by atoms with E-state index >= 15 is 0 Å². The Morgan fingerprint density at radius 3 is 2.62 bits per heavy atom. The highest BCUT2D eigenvalue weighted by molar-refractivity contribution is 5.89. The van der Waals surface area contributed by atoms with Gasteiger partial charge in [-0.2, -0.15) is 5.26 Å². The summed E-state index contributed by atoms with van der Waals surface area (Å²) in [4.78, 5) is 56.7. The van der Waals surface area contributed by atoms with Crippen LogP contribution in [0.15, 0.2) is 24.3 Å². The van der Waals surface area contributed by atoms with Gasteiger partial charge in [0.1, 0.15) is 17.7 Å². The molecule has 3 heterocycles. The van der Waals surface area contributed by atoms with Crippen LogP contribution in [0.4, 0.5) is 4.79 Å². The summed E-state index contributed by atoms with van der Waals surface area (Å²) in [6, 6.07) is 6.53. The van der Waals surface area contributed by atoms with Crippen LogP contribution < -0.4 is 5.32 Å². The zero-order chi connectivity index (χ0) is 28.2. The summed E-state index contributed by atoms with van der Waals surface area (Å²) in [5.41, 5.74) is 0.166. The molecule has 208 valence electrons. The number of nitrogens with one attached hydrogen (secondary N) is 1. The lowest BCUT2D eigenvalue weighted by molar-refractivity contribution is -0.141. The third-order valence-electron chi connectivity index (χ3n) is 8.26. The Morgan fingerprint density at radius 2 is 1.97 bits per heavy atom. The number of likely N-dealkylation sites (tertiary alicyclic amines) is 3. The third kappa shape index (κ3) is 5.17. The molecule has 0 unspecified atom stereocenters. The summed E-state index contributed by atoms with van der Waals surface area (Å²) in [6.45, 7) is 7.77. The molecule has 1 saturated carbocycles. The van der Waals surface area contributed by atoms with E-state index in [1.54, 1.807) is 42.7 Å². The Hall–Kier alpha value is -3.65. The number of benzene rings is 1. The first-order valence-corrected chi connectivity index (χ1v) is 13.5. The molecule has 2 N–H and O–H groups in total. The SMILES string of the molecule is C[C@H](c1cccc(C(=O)O)c1)N1C(=O)[C@H]2C[C@@H]1CN2C[C@H](NC(=O)OC(C)(C)C)C(=O)N1[C@H](C#N)C[C@@H]2C[C@@H]21. The largest absolute Gasteiger partial charge is 0.478 e. The van der Waals surface area contributed by atoms with Gasteiger partial charge in [-0.3, -0.25) is 14.5 Å². The monoisotopic (exact) mass is 537 g/mol. The van der Waals surface area contributed by atoms with Crippen LogP contribution in [0.1, 0.15) is 68.9 Å². The van der Waals surface area contributed by atoms with Crippen molar-refractivity contribution in [2.24, 2.45) is 5.92 Å². The van der Waals surface area contributed by atoms with Crippen molar-refractivity contribution in [2.75, 3.05) is 13.1 Å². The fourth-order valence-corrected chi connectivity index (χ4v) is 6.43. The van der Waals surface area contributed by atoms with E-state index in [9.17, 15) is 29.5 Å². The summed E-state index contributed by atoms with van der Waals surface area (Å²) in [7, 11) is 0. The lowest BCUT2D eigenvalue weighted by Crippen LogP contribution is -2.59. The van der Waals surface area contributed by atoms with Crippen molar-refractivity contribution in [3.05, 3.63) is 35.4 Å². The summed E-state index contributed by atoms with van der Waals surface area (Å²) in [5.74, 6) is -1.09. The number of amides is 3. The molecule has 0 spiro atoms. The van der Waals surface area contributed by atoms with E-state index < -0.39 is 35.8 Å². The minimum absolute atomic E-state index is 0.0275. The molecule has 1 aliphatic carbocycles. The van der Waals surface area contributed by atoms with Crippen molar-refractivity contribution in [2.45, 2.75) is 88.8 Å². The highest BCUT2D eigenvalue weighted by atomic mass is 16.6. The maximum atomic E-state index is 13.7. The summed E-state index contributed by atoms with van der Waals surface area (Å²) in [5, 5.41) is 21.7. The van der Waals surface area contributed by atoms with E-state index in [0.29, 0.717) is 25.3 Å². The van der Waals surface area contributed by atoms with Crippen molar-refractivity contribution < 1.29 is 29.0 Å². The highest BCUT2D eigenvalue weighted by Gasteiger charge is 2.56. The van der Waals surface area contributed by atoms with Crippen LogP contribution in [0.5, 0.6) is 0 Å². The van der Waals surface area contributed by atoms with Crippen LogP contribution in [0.3, 0.4) is 0 Å². The summed E-state index contributed by atoms with van der Waals surface area (Å²) < 4.78 is 5.42. The Morgan fingerprint density at radius 1 is 1.23 bits per heavy atom. The van der Waals surface area contributed by atoms with Gasteiger partial charge < -0.3 is 25.0 Å². The van der Waals surface area contributed by atoms with Gasteiger partial charge in [0.25, 0.3) is 0 Å². The van der Waals surface area contributed by atoms with Crippen molar-refractivity contribution in [3.8, 4) is 6.07 Å². The molecule has 39 heavy (non-hydrogen) atoms. The maximum absolute atomic E-state index is 13.7. The Labute approximate surface area is 227 Å². The zero-order valence-electron chi connectivity index (χ0n) is 22.7. The van der Waals surface area contributed by atoms with Gasteiger partial charge in [-0.1, -0.05) is 12.1 Å². The van der Waals surface area contributed by atoms with E-state index in [1.165, 1.54) is 6.07 Å². The molecule has 4 aliphatic rings. The number of piperidine rings is 1. The van der Waals surface area contributed by atoms with E-state index in [4.69, 9.17) is 4.74 Å². The van der Waals surface area contributed by atoms with Crippen LogP contribution in [-0.2, 0) is 14.3 Å². The number of carbonyl (C=O) groups excluding carboxylic acids is 3. The Bertz CT molecular complexity index is 1240. The minimum atomic E-state index is -1.02. The molecule has 5 rings (SSSR count). The second-order valence-corrected chi connectivity index (χ2v) is 12.1. The molecular formula is C28H35N5O6. The average Bonchev–Trinajstić information content (AvgIpc) is 3.18. The first kappa shape index (κ1) is 26.9. The molecule has 11 heteroatoms. The van der Waals surface area contributed by atoms with Crippen LogP contribution in [0, 0.1) is 17.2 Å². The molecular weight excluding hydrogens is 502 g/mol. The van der Waals surface area contributed by atoms with Crippen LogP contribution >= 0.6 is 0 Å². The lowest BCUT2D eigenvalue weighted by atomic mass is 10.0. The van der Waals surface area contributed by atoms with Crippen LogP contribution in [-0.4, -0.2) is 92.6 Å². The summed E-state index contributed by atoms with van der Waals surface area (Å²) >= 11 is 0. The van der Waals surface area contributed by atoms with Crippen molar-refractivity contribution >= 4 is 23.9 Å². The van der Waals surface area contributed by atoms with Crippen LogP contribution in [0.25, 0.3) is 0 Å². The normalized spacial score (nSPS) is 29.0. The average molecular weight is 538 g/mol. The third-order valence-corrected chi connectivity index (χ3v) is 8.26. The van der Waals surface area contributed by atoms with Gasteiger partial charge in [0, 0.05) is 25.2 Å². The Balaban J connectivity index is 1.31. The number of alkyl carbamates (subject to hydrolysis) is 1. The van der Waals surface area contributed by atoms with E-state index in [0.717, 1.165) is 12.0 Å². The molecule has 0 radical (unpaired) electrons. The molecule has 2 bridgehead atoms. The molecule has 1 aromatic carbocycles. The lowest BCUT2D eigenvalue weighted by Gasteiger charge is -2.39. The molecule has 3 saturated heterocycles. The molecule has 4 fully saturated rings. The number of nitriles is 1. The molecule has 3 amide bonds. The predicted molar refractivity (Wildman–Crippen MR) is 138 cm³/mol. The fraction of sp³-hybridized carbons (Fsp3) is 0.607. The first-order chi connectivity index (χ1) is 18.4. The van der Waals surface area contributed by atoms with Gasteiger partial charge in [0.15, 0.2) is 0 Å². The highest BCUT2D eigenvalue weighted by Crippen LogP contribution is 2.48. The number of carboxylic acid groups (broad SMARTS) is 1. The number of ether oxygens (including phenoxy) is 1. The van der Waals surface area contributed by atoms with Crippen molar-refractivity contribution in [1.29, 1.82) is 5.26 Å².